The fraction of sp³-hybridized carbons (Fsp3) is 0.216. The zero-order valence-electron chi connectivity index (χ0n) is 25.5. The van der Waals surface area contributed by atoms with Crippen molar-refractivity contribution in [1.82, 2.24) is 9.55 Å². The number of esters is 1. The monoisotopic (exact) mass is 618 g/mol. The molecule has 9 nitrogen and oxygen atoms in total. The van der Waals surface area contributed by atoms with Gasteiger partial charge in [-0.3, -0.25) is 14.3 Å². The number of nitrogens with one attached hydrogen (secondary N) is 1. The van der Waals surface area contributed by atoms with Crippen LogP contribution in [0.1, 0.15) is 45.3 Å². The first-order valence-corrected chi connectivity index (χ1v) is 15.0. The first-order valence-electron chi connectivity index (χ1n) is 15.0. The number of H-pyrrole nitrogens is 1. The molecule has 1 fully saturated rings. The van der Waals surface area contributed by atoms with Crippen LogP contribution in [0, 0.1) is 6.92 Å². The number of ether oxygens (including phenoxy) is 4. The Morgan fingerprint density at radius 2 is 1.41 bits per heavy atom. The number of aromatic nitrogens is 2. The number of carbonyl (C=O) groups excluding carboxylic acids is 1. The van der Waals surface area contributed by atoms with Gasteiger partial charge >= 0.3 is 11.7 Å². The Kier molecular flexibility index (Phi) is 8.96. The Labute approximate surface area is 266 Å². The van der Waals surface area contributed by atoms with Gasteiger partial charge in [-0.2, -0.15) is 0 Å². The molecule has 5 aromatic rings. The standard InChI is InChI=1S/C37H34N2O7/c1-25-23-39(36(42)38-34(25)40)33-22-31(46-35(41)26-12-6-3-7-13-26)32(45-33)24-44-37(27-14-8-4-9-15-27,28-16-10-5-11-17-28)29-18-20-30(43-2)21-19-29/h3-21,23,31-33H,22,24H2,1-2H3,(H,38,40,42)/t31-,32+,33+/m0/s1. The van der Waals surface area contributed by atoms with E-state index in [1.165, 1.54) is 10.8 Å². The van der Waals surface area contributed by atoms with Gasteiger partial charge in [-0.25, -0.2) is 9.59 Å². The zero-order valence-corrected chi connectivity index (χ0v) is 25.5. The van der Waals surface area contributed by atoms with Gasteiger partial charge < -0.3 is 18.9 Å². The second-order valence-electron chi connectivity index (χ2n) is 11.1. The summed E-state index contributed by atoms with van der Waals surface area (Å²) >= 11 is 0. The normalized spacial score (nSPS) is 17.8. The molecule has 0 aliphatic carbocycles. The summed E-state index contributed by atoms with van der Waals surface area (Å²) < 4.78 is 26.2. The molecule has 0 radical (unpaired) electrons. The smallest absolute Gasteiger partial charge is 0.338 e. The molecule has 4 aromatic carbocycles. The van der Waals surface area contributed by atoms with Crippen LogP contribution in [0.5, 0.6) is 5.75 Å². The molecule has 1 aromatic heterocycles. The zero-order chi connectivity index (χ0) is 32.1. The molecule has 1 aliphatic heterocycles. The average Bonchev–Trinajstić information content (AvgIpc) is 3.50. The molecule has 1 saturated heterocycles. The molecule has 234 valence electrons. The Bertz CT molecular complexity index is 1850. The predicted molar refractivity (Wildman–Crippen MR) is 172 cm³/mol. The van der Waals surface area contributed by atoms with E-state index < -0.39 is 41.3 Å². The Morgan fingerprint density at radius 3 is 2.00 bits per heavy atom. The number of carbonyl (C=O) groups is 1. The first-order chi connectivity index (χ1) is 22.4. The maximum Gasteiger partial charge on any atom is 0.338 e. The third kappa shape index (κ3) is 6.15. The van der Waals surface area contributed by atoms with Crippen molar-refractivity contribution in [3.63, 3.8) is 0 Å². The number of hydrogen-bond acceptors (Lipinski definition) is 7. The summed E-state index contributed by atoms with van der Waals surface area (Å²) in [6, 6.07) is 36.1. The highest BCUT2D eigenvalue weighted by molar-refractivity contribution is 5.89. The molecule has 9 heteroatoms. The van der Waals surface area contributed by atoms with E-state index in [2.05, 4.69) is 4.98 Å². The predicted octanol–water partition coefficient (Wildman–Crippen LogP) is 5.38. The third-order valence-corrected chi connectivity index (χ3v) is 8.23. The van der Waals surface area contributed by atoms with Crippen LogP contribution in [0.4, 0.5) is 0 Å². The van der Waals surface area contributed by atoms with Crippen LogP contribution in [-0.2, 0) is 19.8 Å². The van der Waals surface area contributed by atoms with E-state index in [9.17, 15) is 14.4 Å². The molecular weight excluding hydrogens is 584 g/mol. The highest BCUT2D eigenvalue weighted by Gasteiger charge is 2.44. The summed E-state index contributed by atoms with van der Waals surface area (Å²) in [5.74, 6) is 0.188. The van der Waals surface area contributed by atoms with Crippen LogP contribution in [0.3, 0.4) is 0 Å². The van der Waals surface area contributed by atoms with Crippen molar-refractivity contribution < 1.29 is 23.7 Å². The molecule has 0 amide bonds. The molecule has 0 bridgehead atoms. The maximum absolute atomic E-state index is 13.2. The van der Waals surface area contributed by atoms with Crippen molar-refractivity contribution in [3.05, 3.63) is 170 Å². The summed E-state index contributed by atoms with van der Waals surface area (Å²) in [6.45, 7) is 1.61. The fourth-order valence-corrected chi connectivity index (χ4v) is 5.85. The number of aromatic amines is 1. The van der Waals surface area contributed by atoms with Gasteiger partial charge in [0, 0.05) is 18.2 Å². The Morgan fingerprint density at radius 1 is 0.848 bits per heavy atom. The number of benzene rings is 4. The van der Waals surface area contributed by atoms with E-state index in [0.29, 0.717) is 16.9 Å². The van der Waals surface area contributed by atoms with Gasteiger partial charge in [-0.05, 0) is 47.9 Å². The number of aryl methyl sites for hydroxylation is 1. The molecule has 1 N–H and O–H groups in total. The van der Waals surface area contributed by atoms with Crippen LogP contribution in [-0.4, -0.2) is 41.4 Å². The number of hydrogen-bond donors (Lipinski definition) is 1. The van der Waals surface area contributed by atoms with E-state index in [0.717, 1.165) is 16.7 Å². The van der Waals surface area contributed by atoms with E-state index >= 15 is 0 Å². The van der Waals surface area contributed by atoms with Gasteiger partial charge in [-0.15, -0.1) is 0 Å². The summed E-state index contributed by atoms with van der Waals surface area (Å²) in [7, 11) is 1.62. The molecule has 2 heterocycles. The van der Waals surface area contributed by atoms with E-state index in [4.69, 9.17) is 18.9 Å². The van der Waals surface area contributed by atoms with Gasteiger partial charge in [-0.1, -0.05) is 91.0 Å². The van der Waals surface area contributed by atoms with Gasteiger partial charge in [0.15, 0.2) is 0 Å². The minimum Gasteiger partial charge on any atom is -0.497 e. The molecule has 0 unspecified atom stereocenters. The quantitative estimate of drug-likeness (QED) is 0.166. The third-order valence-electron chi connectivity index (χ3n) is 8.23. The van der Waals surface area contributed by atoms with Crippen molar-refractivity contribution >= 4 is 5.97 Å². The largest absolute Gasteiger partial charge is 0.497 e. The Balaban J connectivity index is 1.40. The van der Waals surface area contributed by atoms with Gasteiger partial charge in [0.2, 0.25) is 0 Å². The second-order valence-corrected chi connectivity index (χ2v) is 11.1. The van der Waals surface area contributed by atoms with Crippen LogP contribution in [0.25, 0.3) is 0 Å². The summed E-state index contributed by atoms with van der Waals surface area (Å²) in [5, 5.41) is 0. The number of methoxy groups -OCH3 is 1. The van der Waals surface area contributed by atoms with Gasteiger partial charge in [0.25, 0.3) is 5.56 Å². The topological polar surface area (TPSA) is 109 Å². The molecule has 3 atom stereocenters. The summed E-state index contributed by atoms with van der Waals surface area (Å²) in [4.78, 5) is 40.5. The first kappa shape index (κ1) is 30.8. The van der Waals surface area contributed by atoms with Gasteiger partial charge in [0.1, 0.15) is 29.8 Å². The number of rotatable bonds is 10. The molecule has 46 heavy (non-hydrogen) atoms. The van der Waals surface area contributed by atoms with E-state index in [1.807, 2.05) is 91.0 Å². The second kappa shape index (κ2) is 13.4. The van der Waals surface area contributed by atoms with E-state index in [-0.39, 0.29) is 13.0 Å². The van der Waals surface area contributed by atoms with Crippen LogP contribution >= 0.6 is 0 Å². The fourth-order valence-electron chi connectivity index (χ4n) is 5.85. The maximum atomic E-state index is 13.2. The van der Waals surface area contributed by atoms with Crippen molar-refractivity contribution in [2.24, 2.45) is 0 Å². The van der Waals surface area contributed by atoms with Crippen molar-refractivity contribution in [2.75, 3.05) is 13.7 Å². The highest BCUT2D eigenvalue weighted by atomic mass is 16.6. The van der Waals surface area contributed by atoms with Crippen molar-refractivity contribution in [2.45, 2.75) is 37.4 Å². The lowest BCUT2D eigenvalue weighted by Crippen LogP contribution is -2.39. The highest BCUT2D eigenvalue weighted by Crippen LogP contribution is 2.42. The molecule has 6 rings (SSSR count). The lowest BCUT2D eigenvalue weighted by atomic mass is 9.80. The summed E-state index contributed by atoms with van der Waals surface area (Å²) in [6.07, 6.45) is -0.710. The SMILES string of the molecule is COc1ccc(C(OC[C@H]2O[C@@H](n3cc(C)c(=O)[nH]c3=O)C[C@@H]2OC(=O)c2ccccc2)(c2ccccc2)c2ccccc2)cc1. The number of nitrogens with zero attached hydrogens (tertiary/aromatic N) is 1. The van der Waals surface area contributed by atoms with Gasteiger partial charge in [0.05, 0.1) is 19.3 Å². The van der Waals surface area contributed by atoms with Crippen molar-refractivity contribution in [3.8, 4) is 5.75 Å². The van der Waals surface area contributed by atoms with Crippen molar-refractivity contribution in [1.29, 1.82) is 0 Å². The van der Waals surface area contributed by atoms with E-state index in [1.54, 1.807) is 38.3 Å². The molecule has 0 saturated carbocycles. The lowest BCUT2D eigenvalue weighted by molar-refractivity contribution is -0.0967. The average molecular weight is 619 g/mol. The lowest BCUT2D eigenvalue weighted by Gasteiger charge is -2.37. The Hall–Kier alpha value is -5.25. The molecular formula is C37H34N2O7. The van der Waals surface area contributed by atoms with Crippen LogP contribution in [0.2, 0.25) is 0 Å². The summed E-state index contributed by atoms with van der Waals surface area (Å²) in [5.41, 5.74) is 1.19. The van der Waals surface area contributed by atoms with Crippen LogP contribution in [0.15, 0.2) is 131 Å². The van der Waals surface area contributed by atoms with Crippen LogP contribution < -0.4 is 16.0 Å². The molecule has 0 spiro atoms. The molecule has 1 aliphatic rings. The minimum atomic E-state index is -1.09. The minimum absolute atomic E-state index is 0.00383.